The zero-order valence-corrected chi connectivity index (χ0v) is 12.1. The van der Waals surface area contributed by atoms with Crippen LogP contribution >= 0.6 is 0 Å². The number of para-hydroxylation sites is 2. The largest absolute Gasteiger partial charge is 0.495 e. The average molecular weight is 285 g/mol. The topological polar surface area (TPSA) is 67.5 Å². The van der Waals surface area contributed by atoms with Gasteiger partial charge in [-0.1, -0.05) is 12.1 Å². The number of rotatable bonds is 3. The van der Waals surface area contributed by atoms with Gasteiger partial charge in [-0.2, -0.15) is 0 Å². The molecule has 1 aromatic heterocycles. The van der Waals surface area contributed by atoms with Crippen molar-refractivity contribution in [1.82, 2.24) is 9.97 Å². The minimum absolute atomic E-state index is 0.507. The summed E-state index contributed by atoms with van der Waals surface area (Å²) in [6.45, 7) is 3.64. The Hall–Kier alpha value is -2.50. The number of benzene rings is 1. The highest BCUT2D eigenvalue weighted by Crippen LogP contribution is 2.28. The summed E-state index contributed by atoms with van der Waals surface area (Å²) in [5.41, 5.74) is 6.86. The van der Waals surface area contributed by atoms with Crippen molar-refractivity contribution in [3.05, 3.63) is 36.7 Å². The summed E-state index contributed by atoms with van der Waals surface area (Å²) in [6, 6.07) is 9.93. The van der Waals surface area contributed by atoms with Crippen molar-refractivity contribution < 1.29 is 4.74 Å². The Bertz CT molecular complexity index is 611. The van der Waals surface area contributed by atoms with Crippen LogP contribution in [0.1, 0.15) is 0 Å². The van der Waals surface area contributed by atoms with Gasteiger partial charge in [0.25, 0.3) is 0 Å². The van der Waals surface area contributed by atoms with E-state index >= 15 is 0 Å². The number of nitrogens with two attached hydrogens (primary N) is 1. The van der Waals surface area contributed by atoms with E-state index in [1.54, 1.807) is 7.11 Å². The zero-order valence-electron chi connectivity index (χ0n) is 12.1. The summed E-state index contributed by atoms with van der Waals surface area (Å²) in [4.78, 5) is 12.8. The van der Waals surface area contributed by atoms with Crippen LogP contribution in [0.15, 0.2) is 36.7 Å². The van der Waals surface area contributed by atoms with Gasteiger partial charge in [-0.05, 0) is 12.1 Å². The fourth-order valence-corrected chi connectivity index (χ4v) is 2.60. The third-order valence-electron chi connectivity index (χ3n) is 3.70. The molecule has 1 aliphatic rings. The highest BCUT2D eigenvalue weighted by atomic mass is 16.5. The Morgan fingerprint density at radius 2 is 1.76 bits per heavy atom. The molecule has 2 aromatic rings. The van der Waals surface area contributed by atoms with Crippen LogP contribution in [0.4, 0.5) is 17.3 Å². The fourth-order valence-electron chi connectivity index (χ4n) is 2.60. The molecule has 0 unspecified atom stereocenters. The van der Waals surface area contributed by atoms with E-state index in [9.17, 15) is 0 Å². The van der Waals surface area contributed by atoms with Gasteiger partial charge in [-0.25, -0.2) is 9.97 Å². The van der Waals surface area contributed by atoms with Gasteiger partial charge in [-0.15, -0.1) is 0 Å². The number of aromatic nitrogens is 2. The number of nitrogen functional groups attached to an aromatic ring is 1. The molecule has 0 spiro atoms. The van der Waals surface area contributed by atoms with Crippen LogP contribution < -0.4 is 20.3 Å². The molecule has 0 bridgehead atoms. The van der Waals surface area contributed by atoms with E-state index in [1.807, 2.05) is 24.3 Å². The first kappa shape index (κ1) is 13.5. The molecular weight excluding hydrogens is 266 g/mol. The van der Waals surface area contributed by atoms with Gasteiger partial charge in [0.05, 0.1) is 12.8 Å². The number of hydrogen-bond donors (Lipinski definition) is 1. The number of ether oxygens (including phenoxy) is 1. The van der Waals surface area contributed by atoms with Crippen molar-refractivity contribution in [3.63, 3.8) is 0 Å². The molecule has 1 saturated heterocycles. The molecule has 0 amide bonds. The third-order valence-corrected chi connectivity index (χ3v) is 3.70. The van der Waals surface area contributed by atoms with E-state index in [4.69, 9.17) is 10.5 Å². The van der Waals surface area contributed by atoms with Crippen LogP contribution in [-0.2, 0) is 0 Å². The molecule has 2 N–H and O–H groups in total. The van der Waals surface area contributed by atoms with Crippen LogP contribution in [-0.4, -0.2) is 43.3 Å². The van der Waals surface area contributed by atoms with E-state index < -0.39 is 0 Å². The monoisotopic (exact) mass is 285 g/mol. The summed E-state index contributed by atoms with van der Waals surface area (Å²) in [7, 11) is 1.71. The van der Waals surface area contributed by atoms with Gasteiger partial charge in [0, 0.05) is 32.2 Å². The van der Waals surface area contributed by atoms with Crippen molar-refractivity contribution in [2.24, 2.45) is 0 Å². The molecule has 1 fully saturated rings. The maximum Gasteiger partial charge on any atom is 0.142 e. The second-order valence-electron chi connectivity index (χ2n) is 4.95. The van der Waals surface area contributed by atoms with Crippen LogP contribution in [0.25, 0.3) is 0 Å². The molecule has 0 aliphatic carbocycles. The SMILES string of the molecule is COc1ccccc1N1CCN(c2cc(N)ncn2)CC1. The number of methoxy groups -OCH3 is 1. The van der Waals surface area contributed by atoms with E-state index in [1.165, 1.54) is 6.33 Å². The molecule has 110 valence electrons. The van der Waals surface area contributed by atoms with Gasteiger partial charge in [0.15, 0.2) is 0 Å². The average Bonchev–Trinajstić information content (AvgIpc) is 2.55. The van der Waals surface area contributed by atoms with Gasteiger partial charge in [0.2, 0.25) is 0 Å². The summed E-state index contributed by atoms with van der Waals surface area (Å²) in [5.74, 6) is 2.31. The minimum Gasteiger partial charge on any atom is -0.495 e. The molecule has 6 nitrogen and oxygen atoms in total. The van der Waals surface area contributed by atoms with Crippen LogP contribution in [0.5, 0.6) is 5.75 Å². The fraction of sp³-hybridized carbons (Fsp3) is 0.333. The van der Waals surface area contributed by atoms with Gasteiger partial charge in [0.1, 0.15) is 23.7 Å². The molecule has 1 aliphatic heterocycles. The maximum absolute atomic E-state index is 5.72. The molecule has 0 saturated carbocycles. The Balaban J connectivity index is 1.70. The molecule has 0 atom stereocenters. The predicted molar refractivity (Wildman–Crippen MR) is 83.9 cm³/mol. The summed E-state index contributed by atoms with van der Waals surface area (Å²) in [5, 5.41) is 0. The molecule has 21 heavy (non-hydrogen) atoms. The van der Waals surface area contributed by atoms with Crippen molar-refractivity contribution in [3.8, 4) is 5.75 Å². The smallest absolute Gasteiger partial charge is 0.142 e. The summed E-state index contributed by atoms with van der Waals surface area (Å²) >= 11 is 0. The van der Waals surface area contributed by atoms with Gasteiger partial charge < -0.3 is 20.3 Å². The normalized spacial score (nSPS) is 15.1. The Labute approximate surface area is 124 Å². The van der Waals surface area contributed by atoms with Gasteiger partial charge in [-0.3, -0.25) is 0 Å². The van der Waals surface area contributed by atoms with Crippen LogP contribution in [0.3, 0.4) is 0 Å². The van der Waals surface area contributed by atoms with E-state index in [0.29, 0.717) is 5.82 Å². The van der Waals surface area contributed by atoms with E-state index in [0.717, 1.165) is 43.4 Å². The van der Waals surface area contributed by atoms with Crippen molar-refractivity contribution in [2.75, 3.05) is 48.8 Å². The number of nitrogens with zero attached hydrogens (tertiary/aromatic N) is 4. The highest BCUT2D eigenvalue weighted by molar-refractivity contribution is 5.59. The second kappa shape index (κ2) is 5.87. The zero-order chi connectivity index (χ0) is 14.7. The highest BCUT2D eigenvalue weighted by Gasteiger charge is 2.20. The van der Waals surface area contributed by atoms with Crippen LogP contribution in [0, 0.1) is 0 Å². The Kier molecular flexibility index (Phi) is 3.77. The molecule has 6 heteroatoms. The lowest BCUT2D eigenvalue weighted by Crippen LogP contribution is -2.47. The van der Waals surface area contributed by atoms with Crippen LogP contribution in [0.2, 0.25) is 0 Å². The first-order valence-electron chi connectivity index (χ1n) is 6.98. The molecule has 2 heterocycles. The lowest BCUT2D eigenvalue weighted by Gasteiger charge is -2.37. The number of hydrogen-bond acceptors (Lipinski definition) is 6. The Morgan fingerprint density at radius 1 is 1.05 bits per heavy atom. The molecule has 1 aromatic carbocycles. The van der Waals surface area contributed by atoms with Crippen molar-refractivity contribution in [1.29, 1.82) is 0 Å². The predicted octanol–water partition coefficient (Wildman–Crippen LogP) is 1.39. The standard InChI is InChI=1S/C15H19N5O/c1-21-13-5-3-2-4-12(13)19-6-8-20(9-7-19)15-10-14(16)17-11-18-15/h2-5,10-11H,6-9H2,1H3,(H2,16,17,18). The van der Waals surface area contributed by atoms with Crippen molar-refractivity contribution in [2.45, 2.75) is 0 Å². The molecular formula is C15H19N5O. The minimum atomic E-state index is 0.507. The lowest BCUT2D eigenvalue weighted by atomic mass is 10.2. The first-order chi connectivity index (χ1) is 10.3. The quantitative estimate of drug-likeness (QED) is 0.919. The third kappa shape index (κ3) is 2.84. The first-order valence-corrected chi connectivity index (χ1v) is 6.98. The Morgan fingerprint density at radius 3 is 2.48 bits per heavy atom. The maximum atomic E-state index is 5.72. The second-order valence-corrected chi connectivity index (χ2v) is 4.95. The molecule has 3 rings (SSSR count). The molecule has 0 radical (unpaired) electrons. The number of anilines is 3. The van der Waals surface area contributed by atoms with Crippen molar-refractivity contribution >= 4 is 17.3 Å². The summed E-state index contributed by atoms with van der Waals surface area (Å²) in [6.07, 6.45) is 1.51. The van der Waals surface area contributed by atoms with E-state index in [-0.39, 0.29) is 0 Å². The van der Waals surface area contributed by atoms with Gasteiger partial charge >= 0.3 is 0 Å². The van der Waals surface area contributed by atoms with E-state index in [2.05, 4.69) is 25.8 Å². The summed E-state index contributed by atoms with van der Waals surface area (Å²) < 4.78 is 5.43. The number of piperazine rings is 1. The lowest BCUT2D eigenvalue weighted by molar-refractivity contribution is 0.413.